The second-order valence-electron chi connectivity index (χ2n) is 6.31. The summed E-state index contributed by atoms with van der Waals surface area (Å²) < 4.78 is 25.9. The zero-order chi connectivity index (χ0) is 19.3. The van der Waals surface area contributed by atoms with Gasteiger partial charge in [-0.2, -0.15) is 0 Å². The molecule has 0 aromatic heterocycles. The van der Waals surface area contributed by atoms with Gasteiger partial charge >= 0.3 is 0 Å². The summed E-state index contributed by atoms with van der Waals surface area (Å²) in [4.78, 5) is 39.2. The van der Waals surface area contributed by atoms with Gasteiger partial charge in [0.25, 0.3) is 0 Å². The van der Waals surface area contributed by atoms with Crippen LogP contribution in [0.15, 0.2) is 18.2 Å². The lowest BCUT2D eigenvalue weighted by atomic mass is 10.2. The van der Waals surface area contributed by atoms with Crippen LogP contribution in [0.2, 0.25) is 0 Å². The van der Waals surface area contributed by atoms with E-state index in [1.807, 2.05) is 0 Å². The van der Waals surface area contributed by atoms with Crippen LogP contribution >= 0.6 is 0 Å². The van der Waals surface area contributed by atoms with Crippen LogP contribution in [0.4, 0.5) is 14.5 Å². The predicted molar refractivity (Wildman–Crippen MR) is 91.3 cm³/mol. The Kier molecular flexibility index (Phi) is 6.62. The molecule has 1 fully saturated rings. The highest BCUT2D eigenvalue weighted by atomic mass is 19.2. The van der Waals surface area contributed by atoms with E-state index in [0.717, 1.165) is 18.6 Å². The lowest BCUT2D eigenvalue weighted by Gasteiger charge is -2.25. The fourth-order valence-corrected chi connectivity index (χ4v) is 2.79. The summed E-state index contributed by atoms with van der Waals surface area (Å²) in [6.45, 7) is 0.347. The Balaban J connectivity index is 1.79. The normalized spacial score (nSPS) is 17.0. The molecule has 0 saturated carbocycles. The van der Waals surface area contributed by atoms with Gasteiger partial charge in [0.2, 0.25) is 17.7 Å². The van der Waals surface area contributed by atoms with Gasteiger partial charge in [0, 0.05) is 25.8 Å². The van der Waals surface area contributed by atoms with Crippen LogP contribution in [0.5, 0.6) is 0 Å². The third-order valence-corrected chi connectivity index (χ3v) is 4.09. The van der Waals surface area contributed by atoms with E-state index in [4.69, 9.17) is 0 Å². The molecule has 1 aromatic rings. The maximum atomic E-state index is 13.1. The third kappa shape index (κ3) is 5.22. The molecule has 26 heavy (non-hydrogen) atoms. The molecule has 0 bridgehead atoms. The van der Waals surface area contributed by atoms with E-state index in [1.165, 1.54) is 11.0 Å². The van der Waals surface area contributed by atoms with Crippen LogP contribution in [-0.2, 0) is 14.4 Å². The number of hydrogen-bond donors (Lipinski definition) is 2. The van der Waals surface area contributed by atoms with Gasteiger partial charge in [0.1, 0.15) is 0 Å². The molecule has 1 saturated heterocycles. The molecule has 2 N–H and O–H groups in total. The first-order chi connectivity index (χ1) is 12.3. The number of likely N-dealkylation sites (N-methyl/N-ethyl adjacent to an activating group) is 1. The van der Waals surface area contributed by atoms with E-state index in [0.29, 0.717) is 13.0 Å². The maximum absolute atomic E-state index is 13.1. The number of nitrogens with one attached hydrogen (secondary N) is 2. The van der Waals surface area contributed by atoms with Gasteiger partial charge in [0.05, 0.1) is 19.1 Å². The number of benzene rings is 1. The van der Waals surface area contributed by atoms with Crippen molar-refractivity contribution in [1.82, 2.24) is 15.1 Å². The fraction of sp³-hybridized carbons (Fsp3) is 0.471. The number of anilines is 1. The first-order valence-corrected chi connectivity index (χ1v) is 8.24. The quantitative estimate of drug-likeness (QED) is 0.769. The van der Waals surface area contributed by atoms with Crippen molar-refractivity contribution in [3.05, 3.63) is 29.8 Å². The monoisotopic (exact) mass is 368 g/mol. The Morgan fingerprint density at radius 2 is 1.92 bits per heavy atom. The molecular formula is C17H22F2N4O3. The van der Waals surface area contributed by atoms with Crippen LogP contribution in [-0.4, -0.2) is 67.3 Å². The van der Waals surface area contributed by atoms with Gasteiger partial charge in [0.15, 0.2) is 11.6 Å². The first kappa shape index (κ1) is 19.8. The third-order valence-electron chi connectivity index (χ3n) is 4.09. The van der Waals surface area contributed by atoms with Gasteiger partial charge in [-0.1, -0.05) is 0 Å². The van der Waals surface area contributed by atoms with Gasteiger partial charge in [-0.05, 0) is 31.5 Å². The number of carbonyl (C=O) groups excluding carboxylic acids is 3. The molecule has 1 unspecified atom stereocenters. The van der Waals surface area contributed by atoms with Crippen molar-refractivity contribution >= 4 is 23.4 Å². The molecule has 1 aliphatic heterocycles. The molecule has 0 spiro atoms. The topological polar surface area (TPSA) is 81.8 Å². The molecular weight excluding hydrogens is 346 g/mol. The van der Waals surface area contributed by atoms with Crippen molar-refractivity contribution in [3.63, 3.8) is 0 Å². The summed E-state index contributed by atoms with van der Waals surface area (Å²) in [7, 11) is 3.34. The second kappa shape index (κ2) is 8.70. The van der Waals surface area contributed by atoms with E-state index in [9.17, 15) is 23.2 Å². The highest BCUT2D eigenvalue weighted by Crippen LogP contribution is 2.18. The fourth-order valence-electron chi connectivity index (χ4n) is 2.79. The molecule has 0 radical (unpaired) electrons. The van der Waals surface area contributed by atoms with Gasteiger partial charge in [-0.3, -0.25) is 19.3 Å². The molecule has 0 aliphatic carbocycles. The Morgan fingerprint density at radius 3 is 2.58 bits per heavy atom. The van der Waals surface area contributed by atoms with Crippen LogP contribution in [0.3, 0.4) is 0 Å². The average molecular weight is 368 g/mol. The highest BCUT2D eigenvalue weighted by Gasteiger charge is 2.32. The Bertz CT molecular complexity index is 697. The van der Waals surface area contributed by atoms with Crippen molar-refractivity contribution in [3.8, 4) is 0 Å². The smallest absolute Gasteiger partial charge is 0.243 e. The molecule has 3 amide bonds. The van der Waals surface area contributed by atoms with Crippen LogP contribution in [0.25, 0.3) is 0 Å². The van der Waals surface area contributed by atoms with Crippen molar-refractivity contribution in [1.29, 1.82) is 0 Å². The molecule has 142 valence electrons. The maximum Gasteiger partial charge on any atom is 0.243 e. The summed E-state index contributed by atoms with van der Waals surface area (Å²) in [5.74, 6) is -3.08. The lowest BCUT2D eigenvalue weighted by Crippen LogP contribution is -2.47. The molecule has 9 heteroatoms. The summed E-state index contributed by atoms with van der Waals surface area (Å²) in [6.07, 6.45) is 1.52. The van der Waals surface area contributed by atoms with Crippen LogP contribution in [0, 0.1) is 11.6 Å². The lowest BCUT2D eigenvalue weighted by molar-refractivity contribution is -0.134. The summed E-state index contributed by atoms with van der Waals surface area (Å²) >= 11 is 0. The van der Waals surface area contributed by atoms with Crippen LogP contribution < -0.4 is 10.6 Å². The van der Waals surface area contributed by atoms with E-state index in [-0.39, 0.29) is 36.6 Å². The number of amides is 3. The number of rotatable bonds is 6. The Hall–Kier alpha value is -2.55. The summed E-state index contributed by atoms with van der Waals surface area (Å²) in [5.41, 5.74) is 0.0966. The number of nitrogens with zero attached hydrogens (tertiary/aromatic N) is 2. The summed E-state index contributed by atoms with van der Waals surface area (Å²) in [5, 5.41) is 4.83. The van der Waals surface area contributed by atoms with Gasteiger partial charge < -0.3 is 15.5 Å². The zero-order valence-electron chi connectivity index (χ0n) is 14.7. The van der Waals surface area contributed by atoms with Gasteiger partial charge in [-0.25, -0.2) is 8.78 Å². The minimum absolute atomic E-state index is 0.0166. The second-order valence-corrected chi connectivity index (χ2v) is 6.31. The Morgan fingerprint density at radius 1 is 1.19 bits per heavy atom. The van der Waals surface area contributed by atoms with Crippen molar-refractivity contribution in [2.75, 3.05) is 39.0 Å². The van der Waals surface area contributed by atoms with Gasteiger partial charge in [-0.15, -0.1) is 0 Å². The van der Waals surface area contributed by atoms with E-state index >= 15 is 0 Å². The molecule has 2 rings (SSSR count). The SMILES string of the molecule is CN(C)C(=O)C1CCCN1CC(=O)NCC(=O)Nc1ccc(F)c(F)c1. The molecule has 1 heterocycles. The Labute approximate surface area is 150 Å². The standard InChI is InChI=1S/C17H22F2N4O3/c1-22(2)17(26)14-4-3-7-23(14)10-16(25)20-9-15(24)21-11-5-6-12(18)13(19)8-11/h5-6,8,14H,3-4,7,9-10H2,1-2H3,(H,20,25)(H,21,24). The molecule has 1 aromatic carbocycles. The number of halogens is 2. The minimum atomic E-state index is -1.07. The van der Waals surface area contributed by atoms with Crippen molar-refractivity contribution in [2.45, 2.75) is 18.9 Å². The number of hydrogen-bond acceptors (Lipinski definition) is 4. The minimum Gasteiger partial charge on any atom is -0.347 e. The average Bonchev–Trinajstić information content (AvgIpc) is 3.03. The number of likely N-dealkylation sites (tertiary alicyclic amines) is 1. The first-order valence-electron chi connectivity index (χ1n) is 8.24. The summed E-state index contributed by atoms with van der Waals surface area (Å²) in [6, 6.07) is 2.65. The van der Waals surface area contributed by atoms with E-state index in [1.54, 1.807) is 19.0 Å². The number of carbonyl (C=O) groups is 3. The molecule has 7 nitrogen and oxygen atoms in total. The van der Waals surface area contributed by atoms with E-state index in [2.05, 4.69) is 10.6 Å². The largest absolute Gasteiger partial charge is 0.347 e. The molecule has 1 atom stereocenters. The molecule has 1 aliphatic rings. The van der Waals surface area contributed by atoms with E-state index < -0.39 is 17.5 Å². The van der Waals surface area contributed by atoms with Crippen molar-refractivity contribution in [2.24, 2.45) is 0 Å². The highest BCUT2D eigenvalue weighted by molar-refractivity contribution is 5.94. The van der Waals surface area contributed by atoms with Crippen LogP contribution in [0.1, 0.15) is 12.8 Å². The zero-order valence-corrected chi connectivity index (χ0v) is 14.7. The predicted octanol–water partition coefficient (Wildman–Crippen LogP) is 0.572. The van der Waals surface area contributed by atoms with Crippen molar-refractivity contribution < 1.29 is 23.2 Å².